The number of ether oxygens (including phenoxy) is 1. The quantitative estimate of drug-likeness (QED) is 0.490. The van der Waals surface area contributed by atoms with Gasteiger partial charge in [0.1, 0.15) is 0 Å². The third-order valence-electron chi connectivity index (χ3n) is 5.00. The Morgan fingerprint density at radius 1 is 1.00 bits per heavy atom. The molecule has 1 fully saturated rings. The maximum absolute atomic E-state index is 13.3. The van der Waals surface area contributed by atoms with Gasteiger partial charge < -0.3 is 9.64 Å². The summed E-state index contributed by atoms with van der Waals surface area (Å²) in [6.07, 6.45) is -3.15. The first-order valence-electron chi connectivity index (χ1n) is 10.2. The average Bonchev–Trinajstić information content (AvgIpc) is 2.85. The van der Waals surface area contributed by atoms with Crippen LogP contribution >= 0.6 is 11.8 Å². The molecule has 4 amide bonds. The van der Waals surface area contributed by atoms with Crippen LogP contribution in [0.15, 0.2) is 53.4 Å². The lowest BCUT2D eigenvalue weighted by molar-refractivity contribution is -0.174. The number of hydrogen-bond donors (Lipinski definition) is 2. The van der Waals surface area contributed by atoms with Crippen molar-refractivity contribution in [3.8, 4) is 0 Å². The SMILES string of the molecule is CSc1ccc(N(Cc2ccc(C(=O)NNC(=O)C(F)(F)F)cc2)C(=O)N2CCOCC2)cc1. The van der Waals surface area contributed by atoms with E-state index in [1.807, 2.05) is 30.5 Å². The van der Waals surface area contributed by atoms with Gasteiger partial charge in [-0.15, -0.1) is 11.8 Å². The molecule has 0 radical (unpaired) electrons. The highest BCUT2D eigenvalue weighted by molar-refractivity contribution is 7.98. The third-order valence-corrected chi connectivity index (χ3v) is 5.74. The maximum Gasteiger partial charge on any atom is 0.472 e. The van der Waals surface area contributed by atoms with Crippen molar-refractivity contribution in [2.45, 2.75) is 17.6 Å². The second kappa shape index (κ2) is 11.3. The van der Waals surface area contributed by atoms with Crippen LogP contribution < -0.4 is 15.8 Å². The average molecular weight is 497 g/mol. The van der Waals surface area contributed by atoms with E-state index in [4.69, 9.17) is 4.74 Å². The van der Waals surface area contributed by atoms with Crippen LogP contribution in [0.1, 0.15) is 15.9 Å². The van der Waals surface area contributed by atoms with Crippen LogP contribution in [-0.4, -0.2) is 61.5 Å². The van der Waals surface area contributed by atoms with Gasteiger partial charge in [0.05, 0.1) is 19.8 Å². The van der Waals surface area contributed by atoms with Crippen molar-refractivity contribution in [1.29, 1.82) is 0 Å². The van der Waals surface area contributed by atoms with Crippen LogP contribution in [-0.2, 0) is 16.1 Å². The number of carbonyl (C=O) groups is 3. The van der Waals surface area contributed by atoms with Gasteiger partial charge in [-0.1, -0.05) is 12.1 Å². The summed E-state index contributed by atoms with van der Waals surface area (Å²) in [5.74, 6) is -3.18. The number of benzene rings is 2. The van der Waals surface area contributed by atoms with Crippen molar-refractivity contribution in [3.05, 3.63) is 59.7 Å². The van der Waals surface area contributed by atoms with Crippen LogP contribution in [0.3, 0.4) is 0 Å². The van der Waals surface area contributed by atoms with Crippen molar-refractivity contribution >= 4 is 35.3 Å². The van der Waals surface area contributed by atoms with Gasteiger partial charge in [-0.25, -0.2) is 4.79 Å². The molecule has 0 saturated carbocycles. The highest BCUT2D eigenvalue weighted by Crippen LogP contribution is 2.24. The Kier molecular flexibility index (Phi) is 8.40. The molecule has 0 aromatic heterocycles. The summed E-state index contributed by atoms with van der Waals surface area (Å²) in [6.45, 7) is 2.07. The molecule has 182 valence electrons. The molecular formula is C22H23F3N4O4S. The largest absolute Gasteiger partial charge is 0.472 e. The molecule has 3 rings (SSSR count). The van der Waals surface area contributed by atoms with Crippen molar-refractivity contribution in [2.24, 2.45) is 0 Å². The molecule has 34 heavy (non-hydrogen) atoms. The van der Waals surface area contributed by atoms with E-state index in [2.05, 4.69) is 0 Å². The standard InChI is InChI=1S/C22H23F3N4O4S/c1-34-18-8-6-17(7-9-18)29(21(32)28-10-12-33-13-11-28)14-15-2-4-16(5-3-15)19(30)26-27-20(31)22(23,24)25/h2-9H,10-14H2,1H3,(H,26,30)(H,27,31). The van der Waals surface area contributed by atoms with Crippen LogP contribution in [0.25, 0.3) is 0 Å². The smallest absolute Gasteiger partial charge is 0.378 e. The molecule has 8 nitrogen and oxygen atoms in total. The number of nitrogens with one attached hydrogen (secondary N) is 2. The molecule has 1 saturated heterocycles. The second-order valence-corrected chi connectivity index (χ2v) is 8.15. The first kappa shape index (κ1) is 25.4. The second-order valence-electron chi connectivity index (χ2n) is 7.27. The summed E-state index contributed by atoms with van der Waals surface area (Å²) in [5, 5.41) is 0. The van der Waals surface area contributed by atoms with Gasteiger partial charge in [-0.3, -0.25) is 25.3 Å². The van der Waals surface area contributed by atoms with Gasteiger partial charge in [-0.05, 0) is 48.2 Å². The summed E-state index contributed by atoms with van der Waals surface area (Å²) < 4.78 is 42.1. The number of morpholine rings is 1. The summed E-state index contributed by atoms with van der Waals surface area (Å²) >= 11 is 1.58. The molecule has 1 heterocycles. The van der Waals surface area contributed by atoms with Gasteiger partial charge in [0.2, 0.25) is 0 Å². The molecule has 2 N–H and O–H groups in total. The number of alkyl halides is 3. The van der Waals surface area contributed by atoms with E-state index < -0.39 is 18.0 Å². The fraction of sp³-hybridized carbons (Fsp3) is 0.318. The Morgan fingerprint density at radius 3 is 2.18 bits per heavy atom. The number of anilines is 1. The number of nitrogens with zero attached hydrogens (tertiary/aromatic N) is 2. The molecule has 0 aliphatic carbocycles. The van der Waals surface area contributed by atoms with Crippen molar-refractivity contribution in [1.82, 2.24) is 15.8 Å². The number of carbonyl (C=O) groups excluding carboxylic acids is 3. The van der Waals surface area contributed by atoms with E-state index in [0.717, 1.165) is 4.90 Å². The normalized spacial score (nSPS) is 13.8. The lowest BCUT2D eigenvalue weighted by atomic mass is 10.1. The van der Waals surface area contributed by atoms with Gasteiger partial charge in [0.15, 0.2) is 0 Å². The monoisotopic (exact) mass is 496 g/mol. The van der Waals surface area contributed by atoms with Crippen LogP contribution in [0.2, 0.25) is 0 Å². The number of halogens is 3. The molecule has 1 aliphatic heterocycles. The number of hydrazine groups is 1. The highest BCUT2D eigenvalue weighted by Gasteiger charge is 2.39. The minimum atomic E-state index is -5.11. The van der Waals surface area contributed by atoms with Crippen LogP contribution in [0.4, 0.5) is 23.7 Å². The molecule has 0 spiro atoms. The third kappa shape index (κ3) is 6.64. The zero-order chi connectivity index (χ0) is 24.7. The number of amides is 4. The Morgan fingerprint density at radius 2 is 1.62 bits per heavy atom. The molecule has 1 aliphatic rings. The zero-order valence-electron chi connectivity index (χ0n) is 18.2. The molecule has 0 atom stereocenters. The summed E-state index contributed by atoms with van der Waals surface area (Å²) in [4.78, 5) is 40.5. The van der Waals surface area contributed by atoms with E-state index in [-0.39, 0.29) is 18.1 Å². The Bertz CT molecular complexity index is 1010. The van der Waals surface area contributed by atoms with E-state index in [1.165, 1.54) is 17.6 Å². The first-order chi connectivity index (χ1) is 16.2. The van der Waals surface area contributed by atoms with E-state index in [0.29, 0.717) is 37.6 Å². The summed E-state index contributed by atoms with van der Waals surface area (Å²) in [7, 11) is 0. The maximum atomic E-state index is 13.3. The topological polar surface area (TPSA) is 91.0 Å². The van der Waals surface area contributed by atoms with Gasteiger partial charge in [-0.2, -0.15) is 13.2 Å². The Labute approximate surface area is 198 Å². The van der Waals surface area contributed by atoms with Crippen molar-refractivity contribution in [2.75, 3.05) is 37.5 Å². The van der Waals surface area contributed by atoms with E-state index in [9.17, 15) is 27.6 Å². The lowest BCUT2D eigenvalue weighted by Crippen LogP contribution is -2.48. The summed E-state index contributed by atoms with van der Waals surface area (Å²) in [6, 6.07) is 13.4. The fourth-order valence-corrected chi connectivity index (χ4v) is 3.57. The predicted molar refractivity (Wildman–Crippen MR) is 120 cm³/mol. The van der Waals surface area contributed by atoms with Gasteiger partial charge in [0, 0.05) is 29.2 Å². The van der Waals surface area contributed by atoms with E-state index in [1.54, 1.807) is 39.1 Å². The number of thioether (sulfide) groups is 1. The predicted octanol–water partition coefficient (Wildman–Crippen LogP) is 3.19. The molecule has 0 unspecified atom stereocenters. The fourth-order valence-electron chi connectivity index (χ4n) is 3.16. The van der Waals surface area contributed by atoms with Crippen LogP contribution in [0, 0.1) is 0 Å². The van der Waals surface area contributed by atoms with Crippen molar-refractivity contribution in [3.63, 3.8) is 0 Å². The van der Waals surface area contributed by atoms with Gasteiger partial charge in [0.25, 0.3) is 5.91 Å². The van der Waals surface area contributed by atoms with Gasteiger partial charge >= 0.3 is 18.1 Å². The molecule has 0 bridgehead atoms. The van der Waals surface area contributed by atoms with E-state index >= 15 is 0 Å². The minimum Gasteiger partial charge on any atom is -0.378 e. The molecule has 2 aromatic rings. The number of urea groups is 1. The minimum absolute atomic E-state index is 0.0432. The highest BCUT2D eigenvalue weighted by atomic mass is 32.2. The molecule has 2 aromatic carbocycles. The lowest BCUT2D eigenvalue weighted by Gasteiger charge is -2.33. The Hall–Kier alpha value is -3.25. The Balaban J connectivity index is 1.73. The first-order valence-corrected chi connectivity index (χ1v) is 11.5. The zero-order valence-corrected chi connectivity index (χ0v) is 19.0. The van der Waals surface area contributed by atoms with Crippen molar-refractivity contribution < 1.29 is 32.3 Å². The van der Waals surface area contributed by atoms with Crippen LogP contribution in [0.5, 0.6) is 0 Å². The molecular weight excluding hydrogens is 473 g/mol. The number of rotatable bonds is 5. The number of hydrogen-bond acceptors (Lipinski definition) is 5. The summed E-state index contributed by atoms with van der Waals surface area (Å²) in [5.41, 5.74) is 4.48. The molecule has 12 heteroatoms.